The Balaban J connectivity index is 1.96. The van der Waals surface area contributed by atoms with E-state index < -0.39 is 11.8 Å². The number of hydrogen-bond acceptors (Lipinski definition) is 4. The summed E-state index contributed by atoms with van der Waals surface area (Å²) < 4.78 is 0. The van der Waals surface area contributed by atoms with Crippen LogP contribution < -0.4 is 10.7 Å². The average Bonchev–Trinajstić information content (AvgIpc) is 3.02. The maximum atomic E-state index is 11.7. The highest BCUT2D eigenvalue weighted by Gasteiger charge is 2.14. The van der Waals surface area contributed by atoms with Gasteiger partial charge >= 0.3 is 11.8 Å². The number of amides is 2. The standard InChI is InChI=1S/C14H11Cl2N3O2S/c1-8(12-3-2-6-22-12)18-19-14(21)13(20)17-9-4-5-10(15)11(16)7-9/h2-7H,1H3,(H,17,20)(H,19,21). The van der Waals surface area contributed by atoms with Gasteiger partial charge in [0.1, 0.15) is 0 Å². The van der Waals surface area contributed by atoms with Gasteiger partial charge in [-0.1, -0.05) is 29.3 Å². The van der Waals surface area contributed by atoms with Crippen molar-refractivity contribution < 1.29 is 9.59 Å². The zero-order valence-corrected chi connectivity index (χ0v) is 13.7. The zero-order valence-electron chi connectivity index (χ0n) is 11.4. The number of hydrazone groups is 1. The Labute approximate surface area is 140 Å². The fraction of sp³-hybridized carbons (Fsp3) is 0.0714. The average molecular weight is 356 g/mol. The van der Waals surface area contributed by atoms with Gasteiger partial charge in [0.25, 0.3) is 0 Å². The molecule has 1 heterocycles. The maximum absolute atomic E-state index is 11.7. The van der Waals surface area contributed by atoms with E-state index in [9.17, 15) is 9.59 Å². The second-order valence-corrected chi connectivity index (χ2v) is 5.96. The molecule has 2 aromatic rings. The molecule has 0 saturated heterocycles. The number of anilines is 1. The van der Waals surface area contributed by atoms with Gasteiger partial charge in [-0.3, -0.25) is 9.59 Å². The van der Waals surface area contributed by atoms with E-state index >= 15 is 0 Å². The van der Waals surface area contributed by atoms with Crippen LogP contribution in [0.3, 0.4) is 0 Å². The van der Waals surface area contributed by atoms with Gasteiger partial charge in [-0.2, -0.15) is 5.10 Å². The first-order valence-corrected chi connectivity index (χ1v) is 7.75. The van der Waals surface area contributed by atoms with Crippen LogP contribution >= 0.6 is 34.5 Å². The summed E-state index contributed by atoms with van der Waals surface area (Å²) in [5.41, 5.74) is 3.19. The molecular weight excluding hydrogens is 345 g/mol. The molecule has 0 radical (unpaired) electrons. The van der Waals surface area contributed by atoms with Crippen molar-refractivity contribution >= 4 is 57.8 Å². The molecule has 22 heavy (non-hydrogen) atoms. The quantitative estimate of drug-likeness (QED) is 0.502. The number of benzene rings is 1. The van der Waals surface area contributed by atoms with Crippen LogP contribution in [-0.2, 0) is 9.59 Å². The van der Waals surface area contributed by atoms with E-state index in [1.54, 1.807) is 13.0 Å². The number of nitrogens with one attached hydrogen (secondary N) is 2. The fourth-order valence-corrected chi connectivity index (χ4v) is 2.46. The molecule has 1 aromatic carbocycles. The monoisotopic (exact) mass is 355 g/mol. The van der Waals surface area contributed by atoms with E-state index in [0.717, 1.165) is 4.88 Å². The Kier molecular flexibility index (Phi) is 5.54. The molecule has 0 bridgehead atoms. The van der Waals surface area contributed by atoms with Gasteiger partial charge in [0.2, 0.25) is 0 Å². The normalized spacial score (nSPS) is 11.1. The van der Waals surface area contributed by atoms with Crippen molar-refractivity contribution in [3.05, 3.63) is 50.6 Å². The molecule has 0 aliphatic rings. The second-order valence-electron chi connectivity index (χ2n) is 4.20. The first kappa shape index (κ1) is 16.5. The Morgan fingerprint density at radius 1 is 1.14 bits per heavy atom. The van der Waals surface area contributed by atoms with E-state index in [1.807, 2.05) is 17.5 Å². The number of rotatable bonds is 3. The van der Waals surface area contributed by atoms with E-state index in [2.05, 4.69) is 15.8 Å². The van der Waals surface area contributed by atoms with Crippen LogP contribution in [0.25, 0.3) is 0 Å². The van der Waals surface area contributed by atoms with Crippen molar-refractivity contribution in [1.82, 2.24) is 5.43 Å². The number of carbonyl (C=O) groups is 2. The highest BCUT2D eigenvalue weighted by molar-refractivity contribution is 7.12. The van der Waals surface area contributed by atoms with Crippen molar-refractivity contribution in [3.8, 4) is 0 Å². The van der Waals surface area contributed by atoms with Crippen LogP contribution in [0.4, 0.5) is 5.69 Å². The van der Waals surface area contributed by atoms with Crippen LogP contribution in [-0.4, -0.2) is 17.5 Å². The fourth-order valence-electron chi connectivity index (χ4n) is 1.49. The first-order valence-electron chi connectivity index (χ1n) is 6.12. The number of hydrogen-bond donors (Lipinski definition) is 2. The molecule has 8 heteroatoms. The number of nitrogens with zero attached hydrogens (tertiary/aromatic N) is 1. The van der Waals surface area contributed by atoms with Crippen molar-refractivity contribution in [2.75, 3.05) is 5.32 Å². The Morgan fingerprint density at radius 2 is 1.91 bits per heavy atom. The lowest BCUT2D eigenvalue weighted by molar-refractivity contribution is -0.136. The summed E-state index contributed by atoms with van der Waals surface area (Å²) in [7, 11) is 0. The molecule has 0 spiro atoms. The van der Waals surface area contributed by atoms with Gasteiger partial charge in [-0.15, -0.1) is 11.3 Å². The van der Waals surface area contributed by atoms with E-state index in [4.69, 9.17) is 23.2 Å². The van der Waals surface area contributed by atoms with E-state index in [0.29, 0.717) is 16.4 Å². The lowest BCUT2D eigenvalue weighted by atomic mass is 10.3. The Hall–Kier alpha value is -1.89. The van der Waals surface area contributed by atoms with Gasteiger partial charge in [-0.05, 0) is 36.6 Å². The summed E-state index contributed by atoms with van der Waals surface area (Å²) in [5.74, 6) is -1.72. The van der Waals surface area contributed by atoms with Gasteiger partial charge in [0.15, 0.2) is 0 Å². The van der Waals surface area contributed by atoms with Crippen molar-refractivity contribution in [2.45, 2.75) is 6.92 Å². The van der Waals surface area contributed by atoms with Gasteiger partial charge in [-0.25, -0.2) is 5.43 Å². The molecular formula is C14H11Cl2N3O2S. The highest BCUT2D eigenvalue weighted by Crippen LogP contribution is 2.24. The molecule has 1 aromatic heterocycles. The third-order valence-electron chi connectivity index (χ3n) is 2.59. The molecule has 0 fully saturated rings. The summed E-state index contributed by atoms with van der Waals surface area (Å²) in [4.78, 5) is 24.3. The minimum Gasteiger partial charge on any atom is -0.318 e. The minimum absolute atomic E-state index is 0.284. The zero-order chi connectivity index (χ0) is 16.1. The van der Waals surface area contributed by atoms with Gasteiger partial charge in [0.05, 0.1) is 15.8 Å². The summed E-state index contributed by atoms with van der Waals surface area (Å²) in [5, 5.41) is 8.83. The summed E-state index contributed by atoms with van der Waals surface area (Å²) in [6, 6.07) is 8.26. The molecule has 2 N–H and O–H groups in total. The van der Waals surface area contributed by atoms with Crippen LogP contribution in [0.5, 0.6) is 0 Å². The number of thiophene rings is 1. The largest absolute Gasteiger partial charge is 0.329 e. The third kappa shape index (κ3) is 4.30. The molecule has 0 aliphatic carbocycles. The molecule has 0 aliphatic heterocycles. The lowest BCUT2D eigenvalue weighted by Crippen LogP contribution is -2.32. The van der Waals surface area contributed by atoms with E-state index in [-0.39, 0.29) is 5.02 Å². The predicted molar refractivity (Wildman–Crippen MR) is 89.8 cm³/mol. The molecule has 0 saturated carbocycles. The number of halogens is 2. The molecule has 0 atom stereocenters. The second kappa shape index (κ2) is 7.40. The molecule has 2 amide bonds. The van der Waals surface area contributed by atoms with Gasteiger partial charge < -0.3 is 5.32 Å². The summed E-state index contributed by atoms with van der Waals surface area (Å²) in [6.07, 6.45) is 0. The van der Waals surface area contributed by atoms with Crippen molar-refractivity contribution in [2.24, 2.45) is 5.10 Å². The predicted octanol–water partition coefficient (Wildman–Crippen LogP) is 3.53. The van der Waals surface area contributed by atoms with Crippen LogP contribution in [0, 0.1) is 0 Å². The molecule has 114 valence electrons. The first-order chi connectivity index (χ1) is 10.5. The third-order valence-corrected chi connectivity index (χ3v) is 4.30. The molecule has 0 unspecified atom stereocenters. The van der Waals surface area contributed by atoms with Gasteiger partial charge in [0, 0.05) is 10.6 Å². The smallest absolute Gasteiger partial charge is 0.318 e. The molecule has 5 nitrogen and oxygen atoms in total. The maximum Gasteiger partial charge on any atom is 0.329 e. The van der Waals surface area contributed by atoms with Crippen molar-refractivity contribution in [3.63, 3.8) is 0 Å². The topological polar surface area (TPSA) is 70.6 Å². The van der Waals surface area contributed by atoms with Crippen LogP contribution in [0.2, 0.25) is 10.0 Å². The molecule has 2 rings (SSSR count). The van der Waals surface area contributed by atoms with Crippen molar-refractivity contribution in [1.29, 1.82) is 0 Å². The number of carbonyl (C=O) groups excluding carboxylic acids is 2. The summed E-state index contributed by atoms with van der Waals surface area (Å²) >= 11 is 13.1. The Bertz CT molecular complexity index is 730. The Morgan fingerprint density at radius 3 is 2.55 bits per heavy atom. The van der Waals surface area contributed by atoms with Crippen LogP contribution in [0.15, 0.2) is 40.8 Å². The minimum atomic E-state index is -0.873. The SMILES string of the molecule is CC(=NNC(=O)C(=O)Nc1ccc(Cl)c(Cl)c1)c1cccs1. The summed E-state index contributed by atoms with van der Waals surface area (Å²) in [6.45, 7) is 1.74. The lowest BCUT2D eigenvalue weighted by Gasteiger charge is -2.05. The van der Waals surface area contributed by atoms with Crippen LogP contribution in [0.1, 0.15) is 11.8 Å². The van der Waals surface area contributed by atoms with E-state index in [1.165, 1.54) is 23.5 Å². The highest BCUT2D eigenvalue weighted by atomic mass is 35.5.